The molecule has 27 heavy (non-hydrogen) atoms. The molecule has 0 aliphatic rings. The number of hydrogen-bond donors (Lipinski definition) is 2. The first-order valence-corrected chi connectivity index (χ1v) is 8.28. The fraction of sp³-hybridized carbons (Fsp3) is 0.100. The van der Waals surface area contributed by atoms with Gasteiger partial charge in [0.2, 0.25) is 0 Å². The monoisotopic (exact) mass is 369 g/mol. The highest BCUT2D eigenvalue weighted by atomic mass is 19.1. The van der Waals surface area contributed by atoms with E-state index in [1.54, 1.807) is 6.07 Å². The van der Waals surface area contributed by atoms with E-state index in [9.17, 15) is 13.6 Å². The van der Waals surface area contributed by atoms with E-state index in [0.29, 0.717) is 12.4 Å². The summed E-state index contributed by atoms with van der Waals surface area (Å²) in [5.41, 5.74) is 0.491. The number of nitrogens with zero attached hydrogens (tertiary/aromatic N) is 1. The van der Waals surface area contributed by atoms with E-state index in [4.69, 9.17) is 4.74 Å². The van der Waals surface area contributed by atoms with Crippen molar-refractivity contribution in [3.63, 3.8) is 0 Å². The van der Waals surface area contributed by atoms with Crippen LogP contribution in [0.1, 0.15) is 17.3 Å². The molecule has 1 heterocycles. The van der Waals surface area contributed by atoms with Crippen LogP contribution in [0.15, 0.2) is 60.8 Å². The fourth-order valence-corrected chi connectivity index (χ4v) is 2.35. The molecule has 0 saturated carbocycles. The molecule has 138 valence electrons. The first kappa shape index (κ1) is 18.3. The first-order valence-electron chi connectivity index (χ1n) is 8.28. The van der Waals surface area contributed by atoms with E-state index >= 15 is 0 Å². The number of para-hydroxylation sites is 1. The number of hydrogen-bond acceptors (Lipinski definition) is 4. The Morgan fingerprint density at radius 1 is 1.04 bits per heavy atom. The van der Waals surface area contributed by atoms with E-state index in [2.05, 4.69) is 15.6 Å². The van der Waals surface area contributed by atoms with Gasteiger partial charge in [-0.1, -0.05) is 6.07 Å². The number of carbonyl (C=O) groups excluding carboxylic acids is 1. The van der Waals surface area contributed by atoms with E-state index in [1.165, 1.54) is 18.3 Å². The van der Waals surface area contributed by atoms with E-state index in [1.807, 2.05) is 31.2 Å². The van der Waals surface area contributed by atoms with Gasteiger partial charge in [0.1, 0.15) is 28.9 Å². The van der Waals surface area contributed by atoms with Crippen molar-refractivity contribution in [1.29, 1.82) is 0 Å². The normalized spacial score (nSPS) is 10.3. The van der Waals surface area contributed by atoms with Crippen LogP contribution >= 0.6 is 0 Å². The predicted molar refractivity (Wildman–Crippen MR) is 99.4 cm³/mol. The lowest BCUT2D eigenvalue weighted by Gasteiger charge is -2.09. The summed E-state index contributed by atoms with van der Waals surface area (Å²) in [4.78, 5) is 16.3. The second kappa shape index (κ2) is 8.27. The number of ether oxygens (including phenoxy) is 1. The summed E-state index contributed by atoms with van der Waals surface area (Å²) in [6, 6.07) is 13.8. The van der Waals surface area contributed by atoms with Crippen molar-refractivity contribution in [2.75, 3.05) is 17.2 Å². The topological polar surface area (TPSA) is 63.2 Å². The van der Waals surface area contributed by atoms with Gasteiger partial charge in [0.15, 0.2) is 0 Å². The average Bonchev–Trinajstić information content (AvgIpc) is 2.67. The van der Waals surface area contributed by atoms with Gasteiger partial charge < -0.3 is 15.4 Å². The third-order valence-corrected chi connectivity index (χ3v) is 3.66. The van der Waals surface area contributed by atoms with Crippen LogP contribution in [0.4, 0.5) is 26.0 Å². The molecule has 0 atom stereocenters. The van der Waals surface area contributed by atoms with Crippen LogP contribution in [0.2, 0.25) is 0 Å². The summed E-state index contributed by atoms with van der Waals surface area (Å²) in [5, 5.41) is 5.31. The minimum atomic E-state index is -0.843. The van der Waals surface area contributed by atoms with Crippen molar-refractivity contribution in [1.82, 2.24) is 4.98 Å². The van der Waals surface area contributed by atoms with E-state index in [-0.39, 0.29) is 5.56 Å². The number of aromatic nitrogens is 1. The Kier molecular flexibility index (Phi) is 5.61. The number of anilines is 3. The maximum Gasteiger partial charge on any atom is 0.257 e. The Labute approximate surface area is 155 Å². The molecule has 0 bridgehead atoms. The number of pyridine rings is 1. The molecule has 1 aromatic heterocycles. The molecule has 2 N–H and O–H groups in total. The zero-order chi connectivity index (χ0) is 19.2. The molecule has 0 unspecified atom stereocenters. The molecule has 0 spiro atoms. The molecule has 3 rings (SSSR count). The van der Waals surface area contributed by atoms with Gasteiger partial charge >= 0.3 is 0 Å². The van der Waals surface area contributed by atoms with E-state index < -0.39 is 23.2 Å². The van der Waals surface area contributed by atoms with Crippen molar-refractivity contribution in [3.8, 4) is 5.75 Å². The van der Waals surface area contributed by atoms with Crippen molar-refractivity contribution < 1.29 is 18.3 Å². The molecule has 3 aromatic rings. The molecule has 0 saturated heterocycles. The maximum atomic E-state index is 13.6. The Bertz CT molecular complexity index is 909. The Morgan fingerprint density at radius 2 is 1.74 bits per heavy atom. The number of amides is 1. The van der Waals surface area contributed by atoms with Crippen LogP contribution < -0.4 is 15.4 Å². The minimum Gasteiger partial charge on any atom is -0.494 e. The van der Waals surface area contributed by atoms with Gasteiger partial charge in [0.25, 0.3) is 5.91 Å². The second-order valence-electron chi connectivity index (χ2n) is 5.57. The number of rotatable bonds is 6. The van der Waals surface area contributed by atoms with Crippen LogP contribution in [0.5, 0.6) is 5.75 Å². The maximum absolute atomic E-state index is 13.6. The van der Waals surface area contributed by atoms with Crippen LogP contribution in [0, 0.1) is 11.6 Å². The van der Waals surface area contributed by atoms with Crippen molar-refractivity contribution in [3.05, 3.63) is 78.0 Å². The highest BCUT2D eigenvalue weighted by Crippen LogP contribution is 2.21. The molecule has 0 fully saturated rings. The largest absolute Gasteiger partial charge is 0.494 e. The summed E-state index contributed by atoms with van der Waals surface area (Å²) >= 11 is 0. The number of carbonyl (C=O) groups is 1. The van der Waals surface area contributed by atoms with Crippen molar-refractivity contribution in [2.24, 2.45) is 0 Å². The number of halogens is 2. The van der Waals surface area contributed by atoms with Crippen molar-refractivity contribution >= 4 is 23.1 Å². The second-order valence-corrected chi connectivity index (χ2v) is 5.57. The molecule has 2 aromatic carbocycles. The van der Waals surface area contributed by atoms with Gasteiger partial charge in [-0.15, -0.1) is 0 Å². The summed E-state index contributed by atoms with van der Waals surface area (Å²) in [7, 11) is 0. The number of nitrogens with one attached hydrogen (secondary N) is 2. The summed E-state index contributed by atoms with van der Waals surface area (Å²) < 4.78 is 32.6. The van der Waals surface area contributed by atoms with Gasteiger partial charge in [-0.2, -0.15) is 0 Å². The SMILES string of the molecule is CCOc1ccc(Nc2ccc(C(=O)Nc3c(F)cccc3F)cn2)cc1. The zero-order valence-corrected chi connectivity index (χ0v) is 14.5. The highest BCUT2D eigenvalue weighted by molar-refractivity contribution is 6.04. The third-order valence-electron chi connectivity index (χ3n) is 3.66. The Morgan fingerprint density at radius 3 is 2.33 bits per heavy atom. The molecule has 0 aliphatic heterocycles. The summed E-state index contributed by atoms with van der Waals surface area (Å²) in [6.07, 6.45) is 1.32. The average molecular weight is 369 g/mol. The van der Waals surface area contributed by atoms with Gasteiger partial charge in [-0.05, 0) is 55.5 Å². The van der Waals surface area contributed by atoms with Crippen LogP contribution in [-0.4, -0.2) is 17.5 Å². The van der Waals surface area contributed by atoms with Crippen LogP contribution in [0.3, 0.4) is 0 Å². The quantitative estimate of drug-likeness (QED) is 0.658. The standard InChI is InChI=1S/C20H17F2N3O2/c1-2-27-15-9-7-14(8-10-15)24-18-11-6-13(12-23-18)20(26)25-19-16(21)4-3-5-17(19)22/h3-12H,2H2,1H3,(H,23,24)(H,25,26). The highest BCUT2D eigenvalue weighted by Gasteiger charge is 2.13. The molecule has 0 aliphatic carbocycles. The Balaban J connectivity index is 1.66. The smallest absolute Gasteiger partial charge is 0.257 e. The minimum absolute atomic E-state index is 0.176. The number of benzene rings is 2. The summed E-state index contributed by atoms with van der Waals surface area (Å²) in [5.74, 6) is -1.05. The third kappa shape index (κ3) is 4.58. The molecule has 1 amide bonds. The van der Waals surface area contributed by atoms with Crippen LogP contribution in [0.25, 0.3) is 0 Å². The Hall–Kier alpha value is -3.48. The lowest BCUT2D eigenvalue weighted by molar-refractivity contribution is 0.102. The van der Waals surface area contributed by atoms with Gasteiger partial charge in [-0.25, -0.2) is 13.8 Å². The predicted octanol–water partition coefficient (Wildman–Crippen LogP) is 4.75. The molecule has 5 nitrogen and oxygen atoms in total. The van der Waals surface area contributed by atoms with Gasteiger partial charge in [0, 0.05) is 11.9 Å². The van der Waals surface area contributed by atoms with Gasteiger partial charge in [0.05, 0.1) is 12.2 Å². The van der Waals surface area contributed by atoms with Gasteiger partial charge in [-0.3, -0.25) is 4.79 Å². The van der Waals surface area contributed by atoms with Crippen molar-refractivity contribution in [2.45, 2.75) is 6.92 Å². The lowest BCUT2D eigenvalue weighted by Crippen LogP contribution is -2.14. The summed E-state index contributed by atoms with van der Waals surface area (Å²) in [6.45, 7) is 2.50. The molecule has 0 radical (unpaired) electrons. The van der Waals surface area contributed by atoms with Crippen LogP contribution in [-0.2, 0) is 0 Å². The molecular weight excluding hydrogens is 352 g/mol. The first-order chi connectivity index (χ1) is 13.1. The molecular formula is C20H17F2N3O2. The lowest BCUT2D eigenvalue weighted by atomic mass is 10.2. The molecule has 7 heteroatoms. The fourth-order valence-electron chi connectivity index (χ4n) is 2.35. The van der Waals surface area contributed by atoms with E-state index in [0.717, 1.165) is 23.6 Å². The zero-order valence-electron chi connectivity index (χ0n) is 14.5.